The van der Waals surface area contributed by atoms with Crippen LogP contribution in [0.3, 0.4) is 0 Å². The fourth-order valence-corrected chi connectivity index (χ4v) is 3.86. The minimum atomic E-state index is -3.59. The van der Waals surface area contributed by atoms with E-state index in [9.17, 15) is 13.2 Å². The van der Waals surface area contributed by atoms with Crippen molar-refractivity contribution in [1.82, 2.24) is 4.31 Å². The summed E-state index contributed by atoms with van der Waals surface area (Å²) in [6.45, 7) is 1.71. The van der Waals surface area contributed by atoms with E-state index in [0.717, 1.165) is 14.3 Å². The molecule has 0 spiro atoms. The Balaban J connectivity index is 2.23. The van der Waals surface area contributed by atoms with Crippen molar-refractivity contribution >= 4 is 43.6 Å². The summed E-state index contributed by atoms with van der Waals surface area (Å²) in [4.78, 5) is 12.4. The average Bonchev–Trinajstić information content (AvgIpc) is 2.61. The molecule has 0 aliphatic heterocycles. The van der Waals surface area contributed by atoms with Crippen LogP contribution in [-0.4, -0.2) is 39.8 Å². The van der Waals surface area contributed by atoms with E-state index in [1.165, 1.54) is 26.2 Å². The summed E-state index contributed by atoms with van der Waals surface area (Å²) < 4.78 is 32.0. The summed E-state index contributed by atoms with van der Waals surface area (Å²) in [5.74, 6) is 0.256. The number of sulfonamides is 1. The third kappa shape index (κ3) is 5.18. The van der Waals surface area contributed by atoms with Gasteiger partial charge < -0.3 is 10.1 Å². The van der Waals surface area contributed by atoms with Crippen molar-refractivity contribution in [1.29, 1.82) is 0 Å². The van der Waals surface area contributed by atoms with Crippen LogP contribution in [-0.2, 0) is 14.8 Å². The number of hydrogen-bond donors (Lipinski definition) is 1. The van der Waals surface area contributed by atoms with Crippen LogP contribution in [0.2, 0.25) is 0 Å². The quantitative estimate of drug-likeness (QED) is 0.678. The third-order valence-corrected chi connectivity index (χ3v) is 6.27. The van der Waals surface area contributed by atoms with Crippen molar-refractivity contribution in [3.63, 3.8) is 0 Å². The van der Waals surface area contributed by atoms with Crippen LogP contribution in [0.1, 0.15) is 11.1 Å². The van der Waals surface area contributed by atoms with Crippen LogP contribution >= 0.6 is 15.9 Å². The lowest BCUT2D eigenvalue weighted by atomic mass is 10.2. The Morgan fingerprint density at radius 1 is 1.19 bits per heavy atom. The third-order valence-electron chi connectivity index (χ3n) is 3.82. The number of amides is 1. The fourth-order valence-electron chi connectivity index (χ4n) is 2.34. The lowest BCUT2D eigenvalue weighted by Crippen LogP contribution is -2.23. The smallest absolute Gasteiger partial charge is 0.248 e. The van der Waals surface area contributed by atoms with Crippen molar-refractivity contribution in [3.05, 3.63) is 58.1 Å². The summed E-state index contributed by atoms with van der Waals surface area (Å²) in [6.07, 6.45) is 2.99. The van der Waals surface area contributed by atoms with Gasteiger partial charge in [-0.3, -0.25) is 4.79 Å². The highest BCUT2D eigenvalue weighted by Crippen LogP contribution is 2.25. The topological polar surface area (TPSA) is 75.7 Å². The van der Waals surface area contributed by atoms with E-state index >= 15 is 0 Å². The molecule has 6 nitrogen and oxygen atoms in total. The van der Waals surface area contributed by atoms with Crippen LogP contribution in [0.15, 0.2) is 51.8 Å². The molecule has 0 aliphatic carbocycles. The first-order valence-corrected chi connectivity index (χ1v) is 10.2. The molecule has 0 bridgehead atoms. The monoisotopic (exact) mass is 452 g/mol. The Hall–Kier alpha value is -2.16. The van der Waals surface area contributed by atoms with Crippen molar-refractivity contribution < 1.29 is 17.9 Å². The number of aryl methyl sites for hydroxylation is 1. The number of methoxy groups -OCH3 is 1. The molecule has 0 radical (unpaired) electrons. The zero-order valence-corrected chi connectivity index (χ0v) is 17.9. The number of nitrogens with zero attached hydrogens (tertiary/aromatic N) is 1. The van der Waals surface area contributed by atoms with Crippen LogP contribution in [0.25, 0.3) is 6.08 Å². The number of nitrogens with one attached hydrogen (secondary N) is 1. The molecule has 0 heterocycles. The van der Waals surface area contributed by atoms with E-state index < -0.39 is 10.0 Å². The molecule has 0 saturated heterocycles. The van der Waals surface area contributed by atoms with E-state index in [1.54, 1.807) is 38.3 Å². The Bertz CT molecular complexity index is 985. The molecular formula is C19H21BrN2O4S. The molecule has 2 rings (SSSR count). The number of anilines is 1. The van der Waals surface area contributed by atoms with Gasteiger partial charge in [-0.25, -0.2) is 12.7 Å². The number of hydrogen-bond acceptors (Lipinski definition) is 4. The molecule has 0 saturated carbocycles. The molecular weight excluding hydrogens is 432 g/mol. The maximum Gasteiger partial charge on any atom is 0.248 e. The predicted octanol–water partition coefficient (Wildman–Crippen LogP) is 3.67. The number of ether oxygens (including phenoxy) is 1. The fraction of sp³-hybridized carbons (Fsp3) is 0.211. The summed E-state index contributed by atoms with van der Waals surface area (Å²) in [6, 6.07) is 10.2. The first-order valence-electron chi connectivity index (χ1n) is 8.01. The second kappa shape index (κ2) is 8.69. The van der Waals surface area contributed by atoms with E-state index in [2.05, 4.69) is 21.2 Å². The van der Waals surface area contributed by atoms with Gasteiger partial charge in [-0.05, 0) is 48.9 Å². The second-order valence-corrected chi connectivity index (χ2v) is 9.01. The maximum absolute atomic E-state index is 12.4. The zero-order valence-electron chi connectivity index (χ0n) is 15.5. The Morgan fingerprint density at radius 3 is 2.52 bits per heavy atom. The highest BCUT2D eigenvalue weighted by Gasteiger charge is 2.20. The van der Waals surface area contributed by atoms with Crippen molar-refractivity contribution in [3.8, 4) is 5.75 Å². The van der Waals surface area contributed by atoms with E-state index in [1.807, 2.05) is 12.1 Å². The van der Waals surface area contributed by atoms with Crippen molar-refractivity contribution in [2.45, 2.75) is 11.8 Å². The maximum atomic E-state index is 12.4. The number of rotatable bonds is 6. The standard InChI is InChI=1S/C19H21BrN2O4S/c1-13-5-8-16(12-18(13)27(24,25)22(2)3)21-19(23)10-6-14-11-15(20)7-9-17(14)26-4/h5-12H,1-4H3,(H,21,23)/b10-6+. The molecule has 8 heteroatoms. The first kappa shape index (κ1) is 21.1. The van der Waals surface area contributed by atoms with Crippen LogP contribution in [0.4, 0.5) is 5.69 Å². The summed E-state index contributed by atoms with van der Waals surface area (Å²) >= 11 is 3.38. The molecule has 0 fully saturated rings. The Morgan fingerprint density at radius 2 is 1.89 bits per heavy atom. The highest BCUT2D eigenvalue weighted by molar-refractivity contribution is 9.10. The average molecular weight is 453 g/mol. The minimum absolute atomic E-state index is 0.155. The van der Waals surface area contributed by atoms with Gasteiger partial charge in [0.2, 0.25) is 15.9 Å². The van der Waals surface area contributed by atoms with Crippen LogP contribution < -0.4 is 10.1 Å². The van der Waals surface area contributed by atoms with Crippen LogP contribution in [0.5, 0.6) is 5.75 Å². The van der Waals surface area contributed by atoms with Gasteiger partial charge >= 0.3 is 0 Å². The summed E-state index contributed by atoms with van der Waals surface area (Å²) in [5, 5.41) is 2.68. The molecule has 27 heavy (non-hydrogen) atoms. The molecule has 0 atom stereocenters. The number of halogens is 1. The van der Waals surface area contributed by atoms with E-state index in [-0.39, 0.29) is 10.8 Å². The molecule has 2 aromatic rings. The normalized spacial score (nSPS) is 11.8. The minimum Gasteiger partial charge on any atom is -0.496 e. The van der Waals surface area contributed by atoms with Crippen molar-refractivity contribution in [2.24, 2.45) is 0 Å². The SMILES string of the molecule is COc1ccc(Br)cc1/C=C/C(=O)Nc1ccc(C)c(S(=O)(=O)N(C)C)c1. The molecule has 1 N–H and O–H groups in total. The Labute approximate surface area is 168 Å². The number of carbonyl (C=O) groups is 1. The van der Waals surface area contributed by atoms with Crippen molar-refractivity contribution in [2.75, 3.05) is 26.5 Å². The van der Waals surface area contributed by atoms with E-state index in [0.29, 0.717) is 17.0 Å². The number of benzene rings is 2. The predicted molar refractivity (Wildman–Crippen MR) is 110 cm³/mol. The molecule has 1 amide bonds. The van der Waals surface area contributed by atoms with Gasteiger partial charge in [-0.1, -0.05) is 22.0 Å². The van der Waals surface area contributed by atoms with Gasteiger partial charge in [0.1, 0.15) is 5.75 Å². The Kier molecular flexibility index (Phi) is 6.80. The van der Waals surface area contributed by atoms with E-state index in [4.69, 9.17) is 4.74 Å². The molecule has 0 aromatic heterocycles. The highest BCUT2D eigenvalue weighted by atomic mass is 79.9. The number of carbonyl (C=O) groups excluding carboxylic acids is 1. The lowest BCUT2D eigenvalue weighted by molar-refractivity contribution is -0.111. The second-order valence-electron chi connectivity index (χ2n) is 5.98. The molecule has 144 valence electrons. The van der Waals surface area contributed by atoms with Gasteiger partial charge in [0.05, 0.1) is 12.0 Å². The van der Waals surface area contributed by atoms with Gasteiger partial charge in [0.15, 0.2) is 0 Å². The molecule has 2 aromatic carbocycles. The van der Waals surface area contributed by atoms with Crippen LogP contribution in [0, 0.1) is 6.92 Å². The largest absolute Gasteiger partial charge is 0.496 e. The van der Waals surface area contributed by atoms with Gasteiger partial charge in [0.25, 0.3) is 0 Å². The zero-order chi connectivity index (χ0) is 20.2. The molecule has 0 aliphatic rings. The lowest BCUT2D eigenvalue weighted by Gasteiger charge is -2.14. The summed E-state index contributed by atoms with van der Waals surface area (Å²) in [5.41, 5.74) is 1.75. The first-order chi connectivity index (χ1) is 12.6. The summed E-state index contributed by atoms with van der Waals surface area (Å²) in [7, 11) is 0.895. The van der Waals surface area contributed by atoms with Gasteiger partial charge in [-0.15, -0.1) is 0 Å². The molecule has 0 unspecified atom stereocenters. The van der Waals surface area contributed by atoms with Gasteiger partial charge in [-0.2, -0.15) is 0 Å². The van der Waals surface area contributed by atoms with Gasteiger partial charge in [0, 0.05) is 35.9 Å².